The van der Waals surface area contributed by atoms with Crippen molar-refractivity contribution in [1.82, 2.24) is 0 Å². The average molecular weight is 152 g/mol. The summed E-state index contributed by atoms with van der Waals surface area (Å²) in [5.74, 6) is 0. The molecule has 0 N–H and O–H groups in total. The number of hydrogen-bond donors (Lipinski definition) is 0. The van der Waals surface area contributed by atoms with E-state index in [1.807, 2.05) is 0 Å². The zero-order chi connectivity index (χ0) is 8.32. The van der Waals surface area contributed by atoms with E-state index in [1.165, 1.54) is 5.57 Å². The summed E-state index contributed by atoms with van der Waals surface area (Å²) in [6.45, 7) is 8.15. The minimum Gasteiger partial charge on any atom is -0.373 e. The van der Waals surface area contributed by atoms with Gasteiger partial charge in [-0.1, -0.05) is 39.0 Å². The Morgan fingerprint density at radius 1 is 1.27 bits per heavy atom. The molecule has 0 fully saturated rings. The Hall–Kier alpha value is -0.560. The summed E-state index contributed by atoms with van der Waals surface area (Å²) in [6.07, 6.45) is 6.39. The topological polar surface area (TPSA) is 9.23 Å². The summed E-state index contributed by atoms with van der Waals surface area (Å²) in [4.78, 5) is 0. The van der Waals surface area contributed by atoms with Gasteiger partial charge in [0.15, 0.2) is 0 Å². The second-order valence-electron chi connectivity index (χ2n) is 3.85. The van der Waals surface area contributed by atoms with Crippen molar-refractivity contribution in [2.45, 2.75) is 20.8 Å². The molecule has 0 aromatic heterocycles. The maximum atomic E-state index is 5.26. The van der Waals surface area contributed by atoms with Gasteiger partial charge in [0.1, 0.15) is 0 Å². The first-order chi connectivity index (χ1) is 5.11. The first kappa shape index (κ1) is 8.54. The molecule has 1 heterocycles. The van der Waals surface area contributed by atoms with E-state index < -0.39 is 0 Å². The van der Waals surface area contributed by atoms with Crippen LogP contribution in [0.1, 0.15) is 20.8 Å². The Labute approximate surface area is 68.8 Å². The second-order valence-corrected chi connectivity index (χ2v) is 3.85. The van der Waals surface area contributed by atoms with Crippen molar-refractivity contribution in [2.75, 3.05) is 13.2 Å². The highest BCUT2D eigenvalue weighted by Crippen LogP contribution is 2.26. The minimum atomic E-state index is 0.254. The molecule has 62 valence electrons. The first-order valence-corrected chi connectivity index (χ1v) is 4.05. The summed E-state index contributed by atoms with van der Waals surface area (Å²) in [7, 11) is 0. The van der Waals surface area contributed by atoms with Gasteiger partial charge in [-0.15, -0.1) is 0 Å². The van der Waals surface area contributed by atoms with Crippen molar-refractivity contribution in [3.05, 3.63) is 23.8 Å². The summed E-state index contributed by atoms with van der Waals surface area (Å²) in [5.41, 5.74) is 1.62. The molecule has 1 rings (SSSR count). The van der Waals surface area contributed by atoms with Crippen LogP contribution < -0.4 is 0 Å². The molecule has 1 aliphatic heterocycles. The first-order valence-electron chi connectivity index (χ1n) is 4.05. The normalized spacial score (nSPS) is 19.4. The third-order valence-electron chi connectivity index (χ3n) is 1.80. The van der Waals surface area contributed by atoms with Crippen molar-refractivity contribution in [2.24, 2.45) is 5.41 Å². The van der Waals surface area contributed by atoms with Crippen LogP contribution in [0.25, 0.3) is 0 Å². The molecule has 0 radical (unpaired) electrons. The van der Waals surface area contributed by atoms with Crippen LogP contribution in [-0.4, -0.2) is 13.2 Å². The molecule has 0 atom stereocenters. The Bertz CT molecular complexity index is 182. The van der Waals surface area contributed by atoms with Crippen LogP contribution in [-0.2, 0) is 4.74 Å². The Kier molecular flexibility index (Phi) is 2.50. The summed E-state index contributed by atoms with van der Waals surface area (Å²) >= 11 is 0. The lowest BCUT2D eigenvalue weighted by atomic mass is 9.86. The molecule has 1 aliphatic rings. The molecule has 0 bridgehead atoms. The van der Waals surface area contributed by atoms with Gasteiger partial charge in [-0.05, 0) is 11.0 Å². The maximum Gasteiger partial charge on any atom is 0.0657 e. The largest absolute Gasteiger partial charge is 0.373 e. The highest BCUT2D eigenvalue weighted by Gasteiger charge is 2.14. The van der Waals surface area contributed by atoms with Crippen LogP contribution in [0.15, 0.2) is 23.8 Å². The summed E-state index contributed by atoms with van der Waals surface area (Å²) < 4.78 is 5.26. The third-order valence-corrected chi connectivity index (χ3v) is 1.80. The van der Waals surface area contributed by atoms with E-state index in [0.717, 1.165) is 13.2 Å². The fourth-order valence-corrected chi connectivity index (χ4v) is 1.08. The number of hydrogen-bond acceptors (Lipinski definition) is 1. The smallest absolute Gasteiger partial charge is 0.0657 e. The molecular formula is C10H16O. The molecule has 1 nitrogen and oxygen atoms in total. The molecule has 0 spiro atoms. The molecule has 0 amide bonds. The van der Waals surface area contributed by atoms with E-state index in [1.54, 1.807) is 0 Å². The zero-order valence-electron chi connectivity index (χ0n) is 7.55. The molecule has 0 aromatic rings. The average Bonchev–Trinajstić information content (AvgIpc) is 2.10. The quantitative estimate of drug-likeness (QED) is 0.518. The van der Waals surface area contributed by atoms with Crippen molar-refractivity contribution in [3.8, 4) is 0 Å². The van der Waals surface area contributed by atoms with Crippen LogP contribution in [0.5, 0.6) is 0 Å². The van der Waals surface area contributed by atoms with E-state index in [9.17, 15) is 0 Å². The van der Waals surface area contributed by atoms with E-state index >= 15 is 0 Å². The predicted molar refractivity (Wildman–Crippen MR) is 47.5 cm³/mol. The van der Waals surface area contributed by atoms with Crippen LogP contribution in [0.2, 0.25) is 0 Å². The number of rotatable bonds is 0. The Balaban J connectivity index is 2.75. The molecule has 0 aliphatic carbocycles. The van der Waals surface area contributed by atoms with Crippen molar-refractivity contribution in [3.63, 3.8) is 0 Å². The lowest BCUT2D eigenvalue weighted by Crippen LogP contribution is -2.07. The second kappa shape index (κ2) is 3.22. The lowest BCUT2D eigenvalue weighted by molar-refractivity contribution is 0.194. The molecular weight excluding hydrogens is 136 g/mol. The van der Waals surface area contributed by atoms with E-state index in [2.05, 4.69) is 39.0 Å². The minimum absolute atomic E-state index is 0.254. The van der Waals surface area contributed by atoms with Crippen molar-refractivity contribution in [1.29, 1.82) is 0 Å². The standard InChI is InChI=1S/C10H16O/c1-10(2,3)9-5-4-7-11-8-6-9/h4-6H,7-8H2,1-3H3. The Morgan fingerprint density at radius 3 is 2.64 bits per heavy atom. The van der Waals surface area contributed by atoms with Gasteiger partial charge in [0.05, 0.1) is 13.2 Å². The van der Waals surface area contributed by atoms with Gasteiger partial charge in [-0.2, -0.15) is 0 Å². The monoisotopic (exact) mass is 152 g/mol. The van der Waals surface area contributed by atoms with Crippen molar-refractivity contribution < 1.29 is 4.74 Å². The van der Waals surface area contributed by atoms with Crippen LogP contribution in [0.3, 0.4) is 0 Å². The SMILES string of the molecule is CC(C)(C)C1=CCOCC=C1. The fourth-order valence-electron chi connectivity index (χ4n) is 1.08. The van der Waals surface area contributed by atoms with Gasteiger partial charge in [-0.3, -0.25) is 0 Å². The van der Waals surface area contributed by atoms with Gasteiger partial charge >= 0.3 is 0 Å². The molecule has 11 heavy (non-hydrogen) atoms. The molecule has 0 unspecified atom stereocenters. The highest BCUT2D eigenvalue weighted by molar-refractivity contribution is 5.25. The molecule has 0 saturated carbocycles. The molecule has 0 saturated heterocycles. The van der Waals surface area contributed by atoms with Gasteiger partial charge in [0.2, 0.25) is 0 Å². The fraction of sp³-hybridized carbons (Fsp3) is 0.600. The van der Waals surface area contributed by atoms with Crippen LogP contribution >= 0.6 is 0 Å². The summed E-state index contributed by atoms with van der Waals surface area (Å²) in [6, 6.07) is 0. The van der Waals surface area contributed by atoms with Crippen molar-refractivity contribution >= 4 is 0 Å². The van der Waals surface area contributed by atoms with Gasteiger partial charge < -0.3 is 4.74 Å². The van der Waals surface area contributed by atoms with Gasteiger partial charge in [0.25, 0.3) is 0 Å². The number of ether oxygens (including phenoxy) is 1. The highest BCUT2D eigenvalue weighted by atomic mass is 16.5. The molecule has 1 heteroatoms. The summed E-state index contributed by atoms with van der Waals surface area (Å²) in [5, 5.41) is 0. The Morgan fingerprint density at radius 2 is 2.00 bits per heavy atom. The predicted octanol–water partition coefficient (Wildman–Crippen LogP) is 2.55. The lowest BCUT2D eigenvalue weighted by Gasteiger charge is -2.19. The third kappa shape index (κ3) is 2.51. The van der Waals surface area contributed by atoms with Crippen LogP contribution in [0, 0.1) is 5.41 Å². The van der Waals surface area contributed by atoms with E-state index in [4.69, 9.17) is 4.74 Å². The number of allylic oxidation sites excluding steroid dienone is 2. The van der Waals surface area contributed by atoms with Gasteiger partial charge in [-0.25, -0.2) is 0 Å². The van der Waals surface area contributed by atoms with E-state index in [-0.39, 0.29) is 5.41 Å². The maximum absolute atomic E-state index is 5.26. The zero-order valence-corrected chi connectivity index (χ0v) is 7.55. The van der Waals surface area contributed by atoms with Crippen LogP contribution in [0.4, 0.5) is 0 Å². The van der Waals surface area contributed by atoms with Gasteiger partial charge in [0, 0.05) is 0 Å². The molecule has 0 aromatic carbocycles. The van der Waals surface area contributed by atoms with E-state index in [0.29, 0.717) is 0 Å².